The Bertz CT molecular complexity index is 2060. The Morgan fingerprint density at radius 3 is 2.29 bits per heavy atom. The molecule has 8 rings (SSSR count). The van der Waals surface area contributed by atoms with Crippen molar-refractivity contribution in [1.82, 2.24) is 14.5 Å². The van der Waals surface area contributed by atoms with Crippen molar-refractivity contribution in [3.05, 3.63) is 139 Å². The number of fused-ring (bicyclic) bond motifs is 5. The first-order chi connectivity index (χ1) is 20.3. The van der Waals surface area contributed by atoms with Gasteiger partial charge in [-0.2, -0.15) is 0 Å². The number of benzene rings is 4. The molecule has 4 heterocycles. The zero-order valence-electron chi connectivity index (χ0n) is 22.0. The predicted molar refractivity (Wildman–Crippen MR) is 167 cm³/mol. The number of hydrogen-bond donors (Lipinski definition) is 1. The topological polar surface area (TPSA) is 52.0 Å². The van der Waals surface area contributed by atoms with Crippen LogP contribution in [0.4, 0.5) is 11.4 Å². The number of nitrogens with one attached hydrogen (secondary N) is 1. The van der Waals surface area contributed by atoms with E-state index in [1.54, 1.807) is 6.20 Å². The fourth-order valence-corrected chi connectivity index (χ4v) is 5.71. The molecule has 0 radical (unpaired) electrons. The van der Waals surface area contributed by atoms with E-state index in [1.807, 2.05) is 42.6 Å². The second-order valence-corrected chi connectivity index (χ2v) is 9.99. The summed E-state index contributed by atoms with van der Waals surface area (Å²) in [4.78, 5) is 9.13. The summed E-state index contributed by atoms with van der Waals surface area (Å²) in [5.74, 6) is 1.30. The van der Waals surface area contributed by atoms with E-state index in [1.165, 1.54) is 5.39 Å². The maximum absolute atomic E-state index is 6.06. The van der Waals surface area contributed by atoms with Gasteiger partial charge in [0, 0.05) is 40.4 Å². The van der Waals surface area contributed by atoms with E-state index in [-0.39, 0.29) is 0 Å². The Labute approximate surface area is 237 Å². The number of anilines is 2. The van der Waals surface area contributed by atoms with E-state index in [2.05, 4.69) is 106 Å². The Balaban J connectivity index is 1.28. The van der Waals surface area contributed by atoms with E-state index in [4.69, 9.17) is 9.72 Å². The fraction of sp³-hybridized carbons (Fsp3) is 0. The normalized spacial score (nSPS) is 12.0. The lowest BCUT2D eigenvalue weighted by Crippen LogP contribution is -2.04. The van der Waals surface area contributed by atoms with Crippen LogP contribution in [0.5, 0.6) is 11.6 Å². The van der Waals surface area contributed by atoms with Crippen LogP contribution >= 0.6 is 0 Å². The molecule has 0 atom stereocenters. The lowest BCUT2D eigenvalue weighted by Gasteiger charge is -2.19. The number of nitrogens with zero attached hydrogens (tertiary/aromatic N) is 3. The van der Waals surface area contributed by atoms with Gasteiger partial charge in [0.15, 0.2) is 0 Å². The van der Waals surface area contributed by atoms with E-state index in [0.717, 1.165) is 61.6 Å². The third kappa shape index (κ3) is 3.95. The average Bonchev–Trinajstić information content (AvgIpc) is 3.22. The van der Waals surface area contributed by atoms with Gasteiger partial charge >= 0.3 is 0 Å². The molecule has 5 nitrogen and oxygen atoms in total. The van der Waals surface area contributed by atoms with Gasteiger partial charge in [0.05, 0.1) is 22.6 Å². The SMILES string of the molecule is C1=Cc2cccc(-n3c4ccccc4c4cccnc43)c2Nc2c1cccc2-c1cccc(Oc2ccccn2)c1. The fourth-order valence-electron chi connectivity index (χ4n) is 5.71. The third-order valence-electron chi connectivity index (χ3n) is 7.54. The van der Waals surface area contributed by atoms with Crippen molar-refractivity contribution in [3.8, 4) is 28.4 Å². The summed E-state index contributed by atoms with van der Waals surface area (Å²) in [5.41, 5.74) is 9.54. The van der Waals surface area contributed by atoms with Crippen molar-refractivity contribution >= 4 is 45.5 Å². The molecule has 41 heavy (non-hydrogen) atoms. The molecule has 194 valence electrons. The van der Waals surface area contributed by atoms with Crippen LogP contribution < -0.4 is 10.1 Å². The number of aromatic nitrogens is 3. The quantitative estimate of drug-likeness (QED) is 0.247. The number of para-hydroxylation sites is 3. The Morgan fingerprint density at radius 2 is 1.39 bits per heavy atom. The van der Waals surface area contributed by atoms with E-state index >= 15 is 0 Å². The molecular formula is C36H24N4O. The molecule has 0 fully saturated rings. The molecular weight excluding hydrogens is 504 g/mol. The molecule has 0 saturated carbocycles. The molecule has 7 aromatic rings. The van der Waals surface area contributed by atoms with Gasteiger partial charge in [0.1, 0.15) is 11.4 Å². The lowest BCUT2D eigenvalue weighted by atomic mass is 9.99. The van der Waals surface area contributed by atoms with E-state index in [9.17, 15) is 0 Å². The van der Waals surface area contributed by atoms with Gasteiger partial charge in [-0.15, -0.1) is 0 Å². The Kier molecular flexibility index (Phi) is 5.38. The van der Waals surface area contributed by atoms with E-state index < -0.39 is 0 Å². The second kappa shape index (κ2) is 9.50. The molecule has 1 N–H and O–H groups in total. The number of pyridine rings is 2. The zero-order chi connectivity index (χ0) is 27.2. The van der Waals surface area contributed by atoms with Crippen molar-refractivity contribution in [1.29, 1.82) is 0 Å². The van der Waals surface area contributed by atoms with Crippen LogP contribution in [0.25, 0.3) is 50.9 Å². The predicted octanol–water partition coefficient (Wildman–Crippen LogP) is 9.26. The van der Waals surface area contributed by atoms with Crippen LogP contribution in [0.15, 0.2) is 128 Å². The van der Waals surface area contributed by atoms with Crippen LogP contribution in [0.1, 0.15) is 11.1 Å². The molecule has 0 amide bonds. The van der Waals surface area contributed by atoms with Crippen LogP contribution in [0.2, 0.25) is 0 Å². The molecule has 1 aliphatic heterocycles. The summed E-state index contributed by atoms with van der Waals surface area (Å²) in [6.45, 7) is 0. The third-order valence-corrected chi connectivity index (χ3v) is 7.54. The van der Waals surface area contributed by atoms with Crippen LogP contribution in [-0.2, 0) is 0 Å². The first-order valence-corrected chi connectivity index (χ1v) is 13.6. The Morgan fingerprint density at radius 1 is 0.610 bits per heavy atom. The van der Waals surface area contributed by atoms with Crippen molar-refractivity contribution in [2.75, 3.05) is 5.32 Å². The maximum Gasteiger partial charge on any atom is 0.219 e. The molecule has 5 heteroatoms. The van der Waals surface area contributed by atoms with Crippen molar-refractivity contribution in [3.63, 3.8) is 0 Å². The van der Waals surface area contributed by atoms with Gasteiger partial charge in [-0.3, -0.25) is 4.57 Å². The number of hydrogen-bond acceptors (Lipinski definition) is 4. The number of rotatable bonds is 4. The number of ether oxygens (including phenoxy) is 1. The highest BCUT2D eigenvalue weighted by atomic mass is 16.5. The van der Waals surface area contributed by atoms with Gasteiger partial charge in [-0.05, 0) is 53.6 Å². The lowest BCUT2D eigenvalue weighted by molar-refractivity contribution is 0.463. The second-order valence-electron chi connectivity index (χ2n) is 9.99. The minimum absolute atomic E-state index is 0.566. The molecule has 1 aliphatic rings. The first kappa shape index (κ1) is 23.2. The highest BCUT2D eigenvalue weighted by Gasteiger charge is 2.20. The van der Waals surface area contributed by atoms with Crippen molar-refractivity contribution in [2.45, 2.75) is 0 Å². The largest absolute Gasteiger partial charge is 0.439 e. The van der Waals surface area contributed by atoms with Crippen LogP contribution in [0, 0.1) is 0 Å². The average molecular weight is 529 g/mol. The smallest absolute Gasteiger partial charge is 0.219 e. The highest BCUT2D eigenvalue weighted by molar-refractivity contribution is 6.09. The summed E-state index contributed by atoms with van der Waals surface area (Å²) in [7, 11) is 0. The minimum atomic E-state index is 0.566. The molecule has 4 aromatic carbocycles. The van der Waals surface area contributed by atoms with Gasteiger partial charge in [-0.25, -0.2) is 9.97 Å². The van der Waals surface area contributed by atoms with Gasteiger partial charge < -0.3 is 10.1 Å². The molecule has 0 aliphatic carbocycles. The summed E-state index contributed by atoms with van der Waals surface area (Å²) in [6, 6.07) is 39.2. The molecule has 0 spiro atoms. The zero-order valence-corrected chi connectivity index (χ0v) is 22.0. The summed E-state index contributed by atoms with van der Waals surface area (Å²) >= 11 is 0. The summed E-state index contributed by atoms with van der Waals surface area (Å²) in [6.07, 6.45) is 7.96. The van der Waals surface area contributed by atoms with E-state index in [0.29, 0.717) is 5.88 Å². The first-order valence-electron chi connectivity index (χ1n) is 13.6. The molecule has 0 saturated heterocycles. The molecule has 3 aromatic heterocycles. The van der Waals surface area contributed by atoms with Crippen molar-refractivity contribution in [2.24, 2.45) is 0 Å². The monoisotopic (exact) mass is 528 g/mol. The molecule has 0 unspecified atom stereocenters. The standard InChI is InChI=1S/C36H24N4O/c1-2-16-31-29(13-1)30-15-8-22-38-36(30)40(31)32-17-7-10-25-20-19-24-9-6-14-28(34(24)39-35(25)32)26-11-5-12-27(23-26)41-33-18-3-4-21-37-33/h1-23,39H. The minimum Gasteiger partial charge on any atom is -0.439 e. The Hall–Kier alpha value is -5.68. The summed E-state index contributed by atoms with van der Waals surface area (Å²) in [5, 5.41) is 6.18. The van der Waals surface area contributed by atoms with Gasteiger partial charge in [0.25, 0.3) is 0 Å². The van der Waals surface area contributed by atoms with Crippen LogP contribution in [-0.4, -0.2) is 14.5 Å². The van der Waals surface area contributed by atoms with Gasteiger partial charge in [-0.1, -0.05) is 78.9 Å². The molecule has 0 bridgehead atoms. The highest BCUT2D eigenvalue weighted by Crippen LogP contribution is 2.42. The van der Waals surface area contributed by atoms with Crippen molar-refractivity contribution < 1.29 is 4.74 Å². The van der Waals surface area contributed by atoms with Gasteiger partial charge in [0.2, 0.25) is 5.88 Å². The summed E-state index contributed by atoms with van der Waals surface area (Å²) < 4.78 is 8.32. The maximum atomic E-state index is 6.06. The van der Waals surface area contributed by atoms with Crippen LogP contribution in [0.3, 0.4) is 0 Å².